The van der Waals surface area contributed by atoms with Crippen LogP contribution in [0, 0.1) is 0 Å². The van der Waals surface area contributed by atoms with Crippen LogP contribution in [-0.2, 0) is 0 Å². The van der Waals surface area contributed by atoms with Crippen LogP contribution in [0.2, 0.25) is 10.0 Å². The molecule has 1 N–H and O–H groups in total. The third kappa shape index (κ3) is 5.68. The fraction of sp³-hybridized carbons (Fsp3) is 0.208. The summed E-state index contributed by atoms with van der Waals surface area (Å²) >= 11 is 12.3. The number of hydrogen-bond donors (Lipinski definition) is 1. The Morgan fingerprint density at radius 2 is 1.60 bits per heavy atom. The Labute approximate surface area is 186 Å². The Kier molecular flexibility index (Phi) is 7.61. The molecular formula is C24H23Cl2NO3. The minimum atomic E-state index is -0.285. The molecule has 0 heterocycles. The average molecular weight is 444 g/mol. The minimum absolute atomic E-state index is 0.00663. The normalized spacial score (nSPS) is 11.6. The second kappa shape index (κ2) is 10.4. The third-order valence-corrected chi connectivity index (χ3v) is 5.39. The number of ether oxygens (including phenoxy) is 2. The Bertz CT molecular complexity index is 988. The Morgan fingerprint density at radius 1 is 0.933 bits per heavy atom. The number of nitrogens with one attached hydrogen (secondary N) is 1. The lowest BCUT2D eigenvalue weighted by atomic mass is 9.97. The lowest BCUT2D eigenvalue weighted by Crippen LogP contribution is -2.16. The molecule has 1 atom stereocenters. The molecule has 0 saturated heterocycles. The first-order chi connectivity index (χ1) is 14.5. The Morgan fingerprint density at radius 3 is 2.20 bits per heavy atom. The predicted molar refractivity (Wildman–Crippen MR) is 122 cm³/mol. The summed E-state index contributed by atoms with van der Waals surface area (Å²) in [6.07, 6.45) is 0.248. The van der Waals surface area contributed by atoms with Gasteiger partial charge in [-0.05, 0) is 73.2 Å². The van der Waals surface area contributed by atoms with E-state index in [-0.39, 0.29) is 18.2 Å². The van der Waals surface area contributed by atoms with E-state index in [1.165, 1.54) is 0 Å². The third-order valence-electron chi connectivity index (χ3n) is 4.65. The maximum Gasteiger partial charge on any atom is 0.165 e. The molecule has 3 aromatic rings. The van der Waals surface area contributed by atoms with Crippen molar-refractivity contribution in [3.05, 3.63) is 87.9 Å². The zero-order valence-electron chi connectivity index (χ0n) is 16.8. The summed E-state index contributed by atoms with van der Waals surface area (Å²) in [6, 6.07) is 19.8. The summed E-state index contributed by atoms with van der Waals surface area (Å²) < 4.78 is 10.7. The van der Waals surface area contributed by atoms with E-state index in [4.69, 9.17) is 32.7 Å². The van der Waals surface area contributed by atoms with Gasteiger partial charge in [0.05, 0.1) is 29.8 Å². The van der Waals surface area contributed by atoms with Gasteiger partial charge in [-0.1, -0.05) is 29.3 Å². The lowest BCUT2D eigenvalue weighted by molar-refractivity contribution is 0.0976. The number of ketones is 1. The highest BCUT2D eigenvalue weighted by Crippen LogP contribution is 2.31. The molecule has 156 valence electrons. The topological polar surface area (TPSA) is 47.6 Å². The number of rotatable bonds is 9. The first-order valence-corrected chi connectivity index (χ1v) is 10.4. The summed E-state index contributed by atoms with van der Waals surface area (Å²) in [4.78, 5) is 12.9. The van der Waals surface area contributed by atoms with Crippen molar-refractivity contribution >= 4 is 34.7 Å². The van der Waals surface area contributed by atoms with Gasteiger partial charge < -0.3 is 14.8 Å². The van der Waals surface area contributed by atoms with E-state index in [0.29, 0.717) is 28.0 Å². The van der Waals surface area contributed by atoms with Gasteiger partial charge >= 0.3 is 0 Å². The molecule has 0 aliphatic heterocycles. The molecule has 3 rings (SSSR count). The molecule has 0 fully saturated rings. The lowest BCUT2D eigenvalue weighted by Gasteiger charge is -2.21. The summed E-state index contributed by atoms with van der Waals surface area (Å²) in [5, 5.41) is 4.35. The van der Waals surface area contributed by atoms with Crippen LogP contribution in [0.3, 0.4) is 0 Å². The fourth-order valence-corrected chi connectivity index (χ4v) is 3.38. The zero-order chi connectivity index (χ0) is 21.5. The van der Waals surface area contributed by atoms with E-state index in [9.17, 15) is 4.79 Å². The summed E-state index contributed by atoms with van der Waals surface area (Å²) in [5.41, 5.74) is 2.37. The van der Waals surface area contributed by atoms with Crippen molar-refractivity contribution in [1.29, 1.82) is 0 Å². The maximum atomic E-state index is 12.9. The molecular weight excluding hydrogens is 421 g/mol. The van der Waals surface area contributed by atoms with Crippen LogP contribution in [0.5, 0.6) is 11.5 Å². The van der Waals surface area contributed by atoms with E-state index in [1.54, 1.807) is 43.5 Å². The van der Waals surface area contributed by atoms with Crippen molar-refractivity contribution in [2.24, 2.45) is 0 Å². The molecule has 0 aliphatic rings. The first kappa shape index (κ1) is 22.0. The smallest absolute Gasteiger partial charge is 0.165 e. The van der Waals surface area contributed by atoms with E-state index < -0.39 is 0 Å². The van der Waals surface area contributed by atoms with Gasteiger partial charge in [-0.25, -0.2) is 0 Å². The van der Waals surface area contributed by atoms with Crippen LogP contribution >= 0.6 is 23.2 Å². The predicted octanol–water partition coefficient (Wildman–Crippen LogP) is 6.83. The summed E-state index contributed by atoms with van der Waals surface area (Å²) in [7, 11) is 1.60. The largest absolute Gasteiger partial charge is 0.497 e. The van der Waals surface area contributed by atoms with E-state index in [2.05, 4.69) is 5.32 Å². The number of carbonyl (C=O) groups is 1. The van der Waals surface area contributed by atoms with Crippen molar-refractivity contribution < 1.29 is 14.3 Å². The van der Waals surface area contributed by atoms with E-state index >= 15 is 0 Å². The highest BCUT2D eigenvalue weighted by atomic mass is 35.5. The second-order valence-corrected chi connectivity index (χ2v) is 7.50. The molecule has 0 radical (unpaired) electrons. The van der Waals surface area contributed by atoms with Crippen LogP contribution < -0.4 is 14.8 Å². The van der Waals surface area contributed by atoms with Gasteiger partial charge in [0.25, 0.3) is 0 Å². The van der Waals surface area contributed by atoms with Crippen molar-refractivity contribution in [2.75, 3.05) is 19.0 Å². The molecule has 30 heavy (non-hydrogen) atoms. The number of halogens is 2. The molecule has 0 aliphatic carbocycles. The zero-order valence-corrected chi connectivity index (χ0v) is 18.3. The van der Waals surface area contributed by atoms with Crippen molar-refractivity contribution in [2.45, 2.75) is 19.4 Å². The van der Waals surface area contributed by atoms with Gasteiger partial charge in [0, 0.05) is 17.7 Å². The standard InChI is InChI=1S/C24H23Cl2NO3/c1-3-30-20-11-7-18(8-12-20)27-23(17-6-13-21(25)22(26)14-17)15-24(28)16-4-9-19(29-2)10-5-16/h4-14,23,27H,3,15H2,1-2H3. The van der Waals surface area contributed by atoms with Gasteiger partial charge in [0.2, 0.25) is 0 Å². The Balaban J connectivity index is 1.84. The van der Waals surface area contributed by atoms with E-state index in [1.807, 2.05) is 37.3 Å². The van der Waals surface area contributed by atoms with Crippen LogP contribution in [-0.4, -0.2) is 19.5 Å². The molecule has 0 bridgehead atoms. The van der Waals surface area contributed by atoms with Crippen molar-refractivity contribution in [3.63, 3.8) is 0 Å². The fourth-order valence-electron chi connectivity index (χ4n) is 3.08. The van der Waals surface area contributed by atoms with Crippen molar-refractivity contribution in [1.82, 2.24) is 0 Å². The average Bonchev–Trinajstić information content (AvgIpc) is 2.76. The number of hydrogen-bond acceptors (Lipinski definition) is 4. The highest BCUT2D eigenvalue weighted by Gasteiger charge is 2.19. The van der Waals surface area contributed by atoms with Crippen molar-refractivity contribution in [3.8, 4) is 11.5 Å². The quantitative estimate of drug-likeness (QED) is 0.368. The first-order valence-electron chi connectivity index (χ1n) is 9.61. The molecule has 0 aromatic heterocycles. The molecule has 6 heteroatoms. The van der Waals surface area contributed by atoms with Crippen LogP contribution in [0.25, 0.3) is 0 Å². The van der Waals surface area contributed by atoms with Gasteiger partial charge in [0.1, 0.15) is 11.5 Å². The van der Waals surface area contributed by atoms with Crippen LogP contribution in [0.15, 0.2) is 66.7 Å². The molecule has 1 unspecified atom stereocenters. The monoisotopic (exact) mass is 443 g/mol. The minimum Gasteiger partial charge on any atom is -0.497 e. The van der Waals surface area contributed by atoms with Gasteiger partial charge in [-0.2, -0.15) is 0 Å². The number of carbonyl (C=O) groups excluding carboxylic acids is 1. The Hall–Kier alpha value is -2.69. The summed E-state index contributed by atoms with van der Waals surface area (Å²) in [5.74, 6) is 1.51. The molecule has 0 saturated carbocycles. The second-order valence-electron chi connectivity index (χ2n) is 6.68. The number of methoxy groups -OCH3 is 1. The van der Waals surface area contributed by atoms with Gasteiger partial charge in [0.15, 0.2) is 5.78 Å². The highest BCUT2D eigenvalue weighted by molar-refractivity contribution is 6.42. The van der Waals surface area contributed by atoms with Gasteiger partial charge in [-0.15, -0.1) is 0 Å². The number of anilines is 1. The van der Waals surface area contributed by atoms with Gasteiger partial charge in [-0.3, -0.25) is 4.79 Å². The number of benzene rings is 3. The summed E-state index contributed by atoms with van der Waals surface area (Å²) in [6.45, 7) is 2.55. The molecule has 4 nitrogen and oxygen atoms in total. The van der Waals surface area contributed by atoms with Crippen LogP contribution in [0.1, 0.15) is 35.3 Å². The molecule has 0 spiro atoms. The van der Waals surface area contributed by atoms with Crippen LogP contribution in [0.4, 0.5) is 5.69 Å². The molecule has 0 amide bonds. The maximum absolute atomic E-state index is 12.9. The molecule has 3 aromatic carbocycles. The van der Waals surface area contributed by atoms with E-state index in [0.717, 1.165) is 17.0 Å². The number of Topliss-reactive ketones (excluding diaryl/α,β-unsaturated/α-hetero) is 1. The SMILES string of the molecule is CCOc1ccc(NC(CC(=O)c2ccc(OC)cc2)c2ccc(Cl)c(Cl)c2)cc1.